The Morgan fingerprint density at radius 1 is 1.25 bits per heavy atom. The van der Waals surface area contributed by atoms with E-state index in [1.807, 2.05) is 6.92 Å². The second-order valence-corrected chi connectivity index (χ2v) is 11.0. The van der Waals surface area contributed by atoms with Crippen LogP contribution in [0, 0.1) is 16.7 Å². The van der Waals surface area contributed by atoms with Crippen LogP contribution in [0.3, 0.4) is 0 Å². The van der Waals surface area contributed by atoms with E-state index in [1.165, 1.54) is 23.8 Å². The second kappa shape index (κ2) is 9.11. The second-order valence-electron chi connectivity index (χ2n) is 11.0. The van der Waals surface area contributed by atoms with Gasteiger partial charge in [0.2, 0.25) is 0 Å². The summed E-state index contributed by atoms with van der Waals surface area (Å²) in [6.45, 7) is 7.30. The van der Waals surface area contributed by atoms with Crippen molar-refractivity contribution >= 4 is 17.9 Å². The van der Waals surface area contributed by atoms with Crippen LogP contribution >= 0.6 is 0 Å². The summed E-state index contributed by atoms with van der Waals surface area (Å²) in [7, 11) is 0. The Labute approximate surface area is 210 Å². The molecule has 0 aromatic heterocycles. The van der Waals surface area contributed by atoms with E-state index < -0.39 is 40.6 Å². The topological polar surface area (TPSA) is 121 Å². The molecule has 36 heavy (non-hydrogen) atoms. The number of carboxylic acids is 1. The molecule has 0 radical (unpaired) electrons. The summed E-state index contributed by atoms with van der Waals surface area (Å²) in [5.41, 5.74) is -0.699. The molecule has 0 aromatic carbocycles. The Morgan fingerprint density at radius 3 is 2.67 bits per heavy atom. The Bertz CT molecular complexity index is 1020. The van der Waals surface area contributed by atoms with E-state index in [9.17, 15) is 14.4 Å². The Kier molecular flexibility index (Phi) is 6.37. The molecular formula is C27H34O9. The summed E-state index contributed by atoms with van der Waals surface area (Å²) in [4.78, 5) is 36.4. The van der Waals surface area contributed by atoms with Crippen molar-refractivity contribution in [3.8, 4) is 0 Å². The summed E-state index contributed by atoms with van der Waals surface area (Å²) < 4.78 is 30.3. The third kappa shape index (κ3) is 3.83. The predicted octanol–water partition coefficient (Wildman–Crippen LogP) is 2.74. The number of carbonyl (C=O) groups excluding carboxylic acids is 2. The fraction of sp³-hybridized carbons (Fsp3) is 0.667. The number of allylic oxidation sites excluding steroid dienone is 3. The fourth-order valence-electron chi connectivity index (χ4n) is 6.86. The van der Waals surface area contributed by atoms with E-state index in [4.69, 9.17) is 28.8 Å². The van der Waals surface area contributed by atoms with Crippen LogP contribution in [0.25, 0.3) is 0 Å². The molecule has 2 bridgehead atoms. The zero-order valence-corrected chi connectivity index (χ0v) is 20.9. The molecule has 1 saturated carbocycles. The molecule has 0 amide bonds. The van der Waals surface area contributed by atoms with Gasteiger partial charge in [-0.25, -0.2) is 14.4 Å². The highest BCUT2D eigenvalue weighted by Crippen LogP contribution is 2.72. The van der Waals surface area contributed by atoms with Crippen LogP contribution in [-0.2, 0) is 38.1 Å². The van der Waals surface area contributed by atoms with E-state index in [0.29, 0.717) is 26.1 Å². The molecule has 2 aliphatic carbocycles. The van der Waals surface area contributed by atoms with Gasteiger partial charge in [-0.15, -0.1) is 0 Å². The average molecular weight is 503 g/mol. The molecule has 1 spiro atoms. The smallest absolute Gasteiger partial charge is 0.335 e. The van der Waals surface area contributed by atoms with Crippen molar-refractivity contribution in [2.45, 2.75) is 76.5 Å². The number of carboxylic acid groups (broad SMARTS) is 1. The monoisotopic (exact) mass is 502 g/mol. The molecular weight excluding hydrogens is 468 g/mol. The number of carbonyl (C=O) groups is 3. The first-order valence-corrected chi connectivity index (χ1v) is 12.7. The lowest BCUT2D eigenvalue weighted by Crippen LogP contribution is -2.66. The summed E-state index contributed by atoms with van der Waals surface area (Å²) in [6, 6.07) is 0. The lowest BCUT2D eigenvalue weighted by atomic mass is 9.51. The SMILES string of the molecule is CC1=C[C@@H]2O[C@@H]3C[C@@H](OC(=O)/C=C\C=C\C(=O)O)[C@](C)([C@]2(COC(=O)[C@@H]2OCC[C@H]2C)CC1)[C@@]31CO1. The average Bonchev–Trinajstić information content (AvgIpc) is 3.49. The molecule has 1 N–H and O–H groups in total. The molecule has 5 aliphatic rings. The number of aliphatic carboxylic acids is 1. The minimum Gasteiger partial charge on any atom is -0.478 e. The van der Waals surface area contributed by atoms with Gasteiger partial charge in [-0.1, -0.05) is 37.6 Å². The van der Waals surface area contributed by atoms with Crippen LogP contribution in [0.2, 0.25) is 0 Å². The number of esters is 2. The van der Waals surface area contributed by atoms with E-state index in [2.05, 4.69) is 19.9 Å². The Balaban J connectivity index is 1.43. The van der Waals surface area contributed by atoms with E-state index in [-0.39, 0.29) is 30.7 Å². The number of ether oxygens (including phenoxy) is 5. The number of fused-ring (bicyclic) bond motifs is 2. The summed E-state index contributed by atoms with van der Waals surface area (Å²) in [6.07, 6.45) is 8.04. The van der Waals surface area contributed by atoms with Crippen molar-refractivity contribution in [3.05, 3.63) is 36.0 Å². The maximum atomic E-state index is 13.0. The van der Waals surface area contributed by atoms with E-state index in [0.717, 1.165) is 18.9 Å². The van der Waals surface area contributed by atoms with Crippen molar-refractivity contribution in [2.24, 2.45) is 16.7 Å². The van der Waals surface area contributed by atoms with Crippen LogP contribution in [0.1, 0.15) is 46.5 Å². The van der Waals surface area contributed by atoms with Gasteiger partial charge < -0.3 is 28.8 Å². The van der Waals surface area contributed by atoms with Gasteiger partial charge in [0.05, 0.1) is 24.2 Å². The van der Waals surface area contributed by atoms with E-state index >= 15 is 0 Å². The van der Waals surface area contributed by atoms with Gasteiger partial charge >= 0.3 is 17.9 Å². The first-order chi connectivity index (χ1) is 17.1. The van der Waals surface area contributed by atoms with Gasteiger partial charge in [-0.3, -0.25) is 0 Å². The lowest BCUT2D eigenvalue weighted by Gasteiger charge is -2.58. The molecule has 9 nitrogen and oxygen atoms in total. The molecule has 8 atom stereocenters. The minimum absolute atomic E-state index is 0.0992. The Hall–Kier alpha value is -2.49. The summed E-state index contributed by atoms with van der Waals surface area (Å²) in [5.74, 6) is -1.94. The highest BCUT2D eigenvalue weighted by molar-refractivity contribution is 5.84. The van der Waals surface area contributed by atoms with Crippen LogP contribution in [0.4, 0.5) is 0 Å². The number of hydrogen-bond donors (Lipinski definition) is 1. The van der Waals surface area contributed by atoms with E-state index in [1.54, 1.807) is 0 Å². The zero-order chi connectivity index (χ0) is 25.7. The first kappa shape index (κ1) is 25.2. The highest BCUT2D eigenvalue weighted by atomic mass is 16.6. The Morgan fingerprint density at radius 2 is 2.00 bits per heavy atom. The number of hydrogen-bond acceptors (Lipinski definition) is 8. The quantitative estimate of drug-likeness (QED) is 0.184. The molecule has 4 fully saturated rings. The van der Waals surface area contributed by atoms with Crippen molar-refractivity contribution in [1.29, 1.82) is 0 Å². The van der Waals surface area contributed by atoms with Gasteiger partial charge in [-0.2, -0.15) is 0 Å². The maximum absolute atomic E-state index is 13.0. The van der Waals surface area contributed by atoms with Crippen LogP contribution < -0.4 is 0 Å². The minimum atomic E-state index is -1.10. The standard InChI is InChI=1S/C27H34O9/c1-16-8-10-26(14-33-24(31)23-17(2)9-11-32-23)19(12-16)35-20-13-18(25(26,3)27(20)15-34-27)36-22(30)7-5-4-6-21(28)29/h4-7,12,17-20,23H,8-11,13-15H2,1-3H3,(H,28,29)/b6-4+,7-5-/t17-,18-,19+,20-,23-,25-,26+,27-/m1/s1. The van der Waals surface area contributed by atoms with Gasteiger partial charge in [0.1, 0.15) is 18.3 Å². The van der Waals surface area contributed by atoms with Crippen molar-refractivity contribution in [1.82, 2.24) is 0 Å². The molecule has 3 aliphatic heterocycles. The molecule has 3 heterocycles. The third-order valence-electron chi connectivity index (χ3n) is 9.15. The first-order valence-electron chi connectivity index (χ1n) is 12.7. The van der Waals surface area contributed by atoms with Crippen LogP contribution in [0.5, 0.6) is 0 Å². The van der Waals surface area contributed by atoms with Crippen LogP contribution in [0.15, 0.2) is 36.0 Å². The largest absolute Gasteiger partial charge is 0.478 e. The number of epoxide rings is 1. The van der Waals surface area contributed by atoms with Crippen molar-refractivity contribution in [2.75, 3.05) is 19.8 Å². The molecule has 196 valence electrons. The molecule has 9 heteroatoms. The van der Waals surface area contributed by atoms with Crippen molar-refractivity contribution < 1.29 is 43.2 Å². The zero-order valence-electron chi connectivity index (χ0n) is 20.9. The van der Waals surface area contributed by atoms with Gasteiger partial charge in [0.15, 0.2) is 6.10 Å². The van der Waals surface area contributed by atoms with Gasteiger partial charge in [0, 0.05) is 30.6 Å². The third-order valence-corrected chi connectivity index (χ3v) is 9.15. The number of rotatable bonds is 7. The van der Waals surface area contributed by atoms with Gasteiger partial charge in [-0.05, 0) is 32.1 Å². The predicted molar refractivity (Wildman–Crippen MR) is 126 cm³/mol. The highest BCUT2D eigenvalue weighted by Gasteiger charge is 2.83. The van der Waals surface area contributed by atoms with Crippen LogP contribution in [-0.4, -0.2) is 72.9 Å². The molecule has 0 unspecified atom stereocenters. The maximum Gasteiger partial charge on any atom is 0.335 e. The lowest BCUT2D eigenvalue weighted by molar-refractivity contribution is -0.234. The van der Waals surface area contributed by atoms with Gasteiger partial charge in [0.25, 0.3) is 0 Å². The molecule has 5 rings (SSSR count). The fourth-order valence-corrected chi connectivity index (χ4v) is 6.86. The normalized spacial score (nSPS) is 43.0. The molecule has 3 saturated heterocycles. The molecule has 0 aromatic rings. The summed E-state index contributed by atoms with van der Waals surface area (Å²) >= 11 is 0. The summed E-state index contributed by atoms with van der Waals surface area (Å²) in [5, 5.41) is 8.73. The van der Waals surface area contributed by atoms with Crippen molar-refractivity contribution in [3.63, 3.8) is 0 Å².